The van der Waals surface area contributed by atoms with Crippen LogP contribution in [0.3, 0.4) is 0 Å². The molecule has 1 fully saturated rings. The molecule has 28 heavy (non-hydrogen) atoms. The van der Waals surface area contributed by atoms with Gasteiger partial charge in [-0.3, -0.25) is 0 Å². The second-order valence-electron chi connectivity index (χ2n) is 6.92. The molecule has 1 saturated heterocycles. The number of hydrogen-bond donors (Lipinski definition) is 1. The maximum atomic E-state index is 12.8. The second-order valence-corrected chi connectivity index (χ2v) is 10.6. The van der Waals surface area contributed by atoms with Crippen LogP contribution in [0.2, 0.25) is 0 Å². The van der Waals surface area contributed by atoms with Crippen LogP contribution in [-0.4, -0.2) is 40.8 Å². The van der Waals surface area contributed by atoms with E-state index in [0.717, 1.165) is 31.2 Å². The van der Waals surface area contributed by atoms with Crippen molar-refractivity contribution in [1.29, 1.82) is 0 Å². The lowest BCUT2D eigenvalue weighted by molar-refractivity contribution is 0.423. The minimum Gasteiger partial charge on any atom is -0.211 e. The molecule has 1 N–H and O–H groups in total. The van der Waals surface area contributed by atoms with Gasteiger partial charge in [0.15, 0.2) is 0 Å². The van der Waals surface area contributed by atoms with Gasteiger partial charge >= 0.3 is 0 Å². The van der Waals surface area contributed by atoms with Crippen molar-refractivity contribution in [2.45, 2.75) is 41.9 Å². The van der Waals surface area contributed by atoms with Crippen molar-refractivity contribution in [2.75, 3.05) is 19.6 Å². The molecule has 8 heteroatoms. The van der Waals surface area contributed by atoms with Crippen LogP contribution in [0.25, 0.3) is 0 Å². The third kappa shape index (κ3) is 5.20. The molecular weight excluding hydrogens is 396 g/mol. The minimum absolute atomic E-state index is 0.0652. The Hall–Kier alpha value is -1.74. The fraction of sp³-hybridized carbons (Fsp3) is 0.400. The first kappa shape index (κ1) is 21.0. The molecule has 0 saturated carbocycles. The van der Waals surface area contributed by atoms with Crippen molar-refractivity contribution < 1.29 is 16.8 Å². The van der Waals surface area contributed by atoms with E-state index in [4.69, 9.17) is 0 Å². The van der Waals surface area contributed by atoms with Crippen LogP contribution >= 0.6 is 0 Å². The number of sulfonamides is 2. The average Bonchev–Trinajstić information content (AvgIpc) is 2.99. The molecule has 0 amide bonds. The topological polar surface area (TPSA) is 83.5 Å². The summed E-state index contributed by atoms with van der Waals surface area (Å²) in [5.41, 5.74) is 1.05. The Morgan fingerprint density at radius 3 is 1.93 bits per heavy atom. The third-order valence-electron chi connectivity index (χ3n) is 4.89. The monoisotopic (exact) mass is 422 g/mol. The highest BCUT2D eigenvalue weighted by Crippen LogP contribution is 2.21. The highest BCUT2D eigenvalue weighted by Gasteiger charge is 2.25. The van der Waals surface area contributed by atoms with Crippen molar-refractivity contribution in [2.24, 2.45) is 0 Å². The molecule has 0 unspecified atom stereocenters. The third-order valence-corrected chi connectivity index (χ3v) is 8.28. The standard InChI is InChI=1S/C20H26N2O4S2/c23-27(24,21-15-14-18-8-4-3-5-9-18)19-10-12-20(13-11-19)28(25,26)22-16-6-1-2-7-17-22/h3-5,8-13,21H,1-2,6-7,14-17H2. The zero-order valence-electron chi connectivity index (χ0n) is 15.7. The van der Waals surface area contributed by atoms with Gasteiger partial charge in [-0.2, -0.15) is 4.31 Å². The van der Waals surface area contributed by atoms with E-state index in [2.05, 4.69) is 4.72 Å². The van der Waals surface area contributed by atoms with E-state index in [1.807, 2.05) is 30.3 Å². The Morgan fingerprint density at radius 1 is 0.750 bits per heavy atom. The van der Waals surface area contributed by atoms with E-state index in [9.17, 15) is 16.8 Å². The maximum absolute atomic E-state index is 12.8. The Labute approximate surface area is 167 Å². The van der Waals surface area contributed by atoms with Crippen LogP contribution in [0.15, 0.2) is 64.4 Å². The van der Waals surface area contributed by atoms with E-state index < -0.39 is 20.0 Å². The Kier molecular flexibility index (Phi) is 6.87. The Morgan fingerprint density at radius 2 is 1.32 bits per heavy atom. The summed E-state index contributed by atoms with van der Waals surface area (Å²) in [4.78, 5) is 0.202. The van der Waals surface area contributed by atoms with Gasteiger partial charge in [0.1, 0.15) is 0 Å². The van der Waals surface area contributed by atoms with Gasteiger partial charge in [0, 0.05) is 19.6 Å². The highest BCUT2D eigenvalue weighted by molar-refractivity contribution is 7.89. The van der Waals surface area contributed by atoms with Gasteiger partial charge in [0.25, 0.3) is 0 Å². The molecule has 2 aromatic rings. The summed E-state index contributed by atoms with van der Waals surface area (Å²) in [7, 11) is -7.26. The predicted octanol–water partition coefficient (Wildman–Crippen LogP) is 2.77. The molecule has 0 bridgehead atoms. The van der Waals surface area contributed by atoms with Gasteiger partial charge in [-0.05, 0) is 49.1 Å². The number of rotatable bonds is 7. The summed E-state index contributed by atoms with van der Waals surface area (Å²) in [5.74, 6) is 0. The van der Waals surface area contributed by atoms with Crippen molar-refractivity contribution >= 4 is 20.0 Å². The molecule has 1 aliphatic rings. The molecule has 3 rings (SSSR count). The van der Waals surface area contributed by atoms with Crippen molar-refractivity contribution in [3.05, 3.63) is 60.2 Å². The number of nitrogens with zero attached hydrogens (tertiary/aromatic N) is 1. The molecule has 152 valence electrons. The summed E-state index contributed by atoms with van der Waals surface area (Å²) < 4.78 is 54.6. The SMILES string of the molecule is O=S(=O)(NCCc1ccccc1)c1ccc(S(=O)(=O)N2CCCCCC2)cc1. The molecule has 0 radical (unpaired) electrons. The van der Waals surface area contributed by atoms with Gasteiger partial charge in [-0.15, -0.1) is 0 Å². The predicted molar refractivity (Wildman–Crippen MR) is 109 cm³/mol. The second kappa shape index (κ2) is 9.17. The summed E-state index contributed by atoms with van der Waals surface area (Å²) in [6.07, 6.45) is 4.38. The van der Waals surface area contributed by atoms with E-state index in [0.29, 0.717) is 19.5 Å². The van der Waals surface area contributed by atoms with Crippen molar-refractivity contribution in [3.63, 3.8) is 0 Å². The van der Waals surface area contributed by atoms with Crippen LogP contribution in [0.4, 0.5) is 0 Å². The lowest BCUT2D eigenvalue weighted by Gasteiger charge is -2.20. The fourth-order valence-corrected chi connectivity index (χ4v) is 5.83. The normalized spacial score (nSPS) is 16.6. The maximum Gasteiger partial charge on any atom is 0.243 e. The minimum atomic E-state index is -3.68. The van der Waals surface area contributed by atoms with Crippen molar-refractivity contribution in [3.8, 4) is 0 Å². The average molecular weight is 423 g/mol. The lowest BCUT2D eigenvalue weighted by Crippen LogP contribution is -2.32. The van der Waals surface area contributed by atoms with Crippen molar-refractivity contribution in [1.82, 2.24) is 9.03 Å². The van der Waals surface area contributed by atoms with Gasteiger partial charge in [0.2, 0.25) is 20.0 Å². The summed E-state index contributed by atoms with van der Waals surface area (Å²) in [6, 6.07) is 15.1. The van der Waals surface area contributed by atoms with Crippen LogP contribution < -0.4 is 4.72 Å². The summed E-state index contributed by atoms with van der Waals surface area (Å²) in [5, 5.41) is 0. The molecule has 0 spiro atoms. The molecule has 1 heterocycles. The molecule has 6 nitrogen and oxygen atoms in total. The van der Waals surface area contributed by atoms with Gasteiger partial charge < -0.3 is 0 Å². The van der Waals surface area contributed by atoms with E-state index in [1.165, 1.54) is 28.6 Å². The zero-order valence-corrected chi connectivity index (χ0v) is 17.4. The van der Waals surface area contributed by atoms with Gasteiger partial charge in [-0.25, -0.2) is 21.6 Å². The fourth-order valence-electron chi connectivity index (χ4n) is 3.28. The van der Waals surface area contributed by atoms with Crippen LogP contribution in [0.5, 0.6) is 0 Å². The van der Waals surface area contributed by atoms with Gasteiger partial charge in [-0.1, -0.05) is 43.2 Å². The molecule has 2 aromatic carbocycles. The zero-order chi connectivity index (χ0) is 20.0. The van der Waals surface area contributed by atoms with Crippen LogP contribution in [-0.2, 0) is 26.5 Å². The summed E-state index contributed by atoms with van der Waals surface area (Å²) in [6.45, 7) is 1.31. The first-order chi connectivity index (χ1) is 13.4. The molecular formula is C20H26N2O4S2. The largest absolute Gasteiger partial charge is 0.243 e. The summed E-state index contributed by atoms with van der Waals surface area (Å²) >= 11 is 0. The van der Waals surface area contributed by atoms with Crippen LogP contribution in [0.1, 0.15) is 31.2 Å². The Bertz CT molecular complexity index is 965. The molecule has 0 atom stereocenters. The van der Waals surface area contributed by atoms with E-state index in [1.54, 1.807) is 0 Å². The highest BCUT2D eigenvalue weighted by atomic mass is 32.2. The van der Waals surface area contributed by atoms with Crippen LogP contribution in [0, 0.1) is 0 Å². The lowest BCUT2D eigenvalue weighted by atomic mass is 10.2. The van der Waals surface area contributed by atoms with E-state index >= 15 is 0 Å². The first-order valence-electron chi connectivity index (χ1n) is 9.53. The molecule has 0 aliphatic carbocycles. The molecule has 0 aromatic heterocycles. The first-order valence-corrected chi connectivity index (χ1v) is 12.5. The van der Waals surface area contributed by atoms with E-state index in [-0.39, 0.29) is 16.3 Å². The van der Waals surface area contributed by atoms with Gasteiger partial charge in [0.05, 0.1) is 9.79 Å². The number of nitrogens with one attached hydrogen (secondary N) is 1. The Balaban J connectivity index is 1.67. The smallest absolute Gasteiger partial charge is 0.211 e. The molecule has 1 aliphatic heterocycles. The number of hydrogen-bond acceptors (Lipinski definition) is 4. The quantitative estimate of drug-likeness (QED) is 0.744. The number of benzene rings is 2.